The molecule has 0 aromatic heterocycles. The van der Waals surface area contributed by atoms with Gasteiger partial charge in [0.2, 0.25) is 0 Å². The Labute approximate surface area is 94.0 Å². The summed E-state index contributed by atoms with van der Waals surface area (Å²) in [6.07, 6.45) is 1.81. The van der Waals surface area contributed by atoms with E-state index in [9.17, 15) is 4.39 Å². The maximum atomic E-state index is 14.0. The van der Waals surface area contributed by atoms with E-state index < -0.39 is 5.54 Å². The van der Waals surface area contributed by atoms with Crippen LogP contribution in [0.2, 0.25) is 0 Å². The van der Waals surface area contributed by atoms with E-state index in [2.05, 4.69) is 0 Å². The van der Waals surface area contributed by atoms with Crippen LogP contribution in [0.4, 0.5) is 4.39 Å². The molecule has 0 aliphatic rings. The molecular weight excluding hydrogens is 213 g/mol. The van der Waals surface area contributed by atoms with Crippen molar-refractivity contribution in [2.45, 2.75) is 24.3 Å². The largest absolute Gasteiger partial charge is 0.495 e. The maximum absolute atomic E-state index is 14.0. The lowest BCUT2D eigenvalue weighted by atomic mass is 9.95. The van der Waals surface area contributed by atoms with Gasteiger partial charge in [0.1, 0.15) is 11.6 Å². The Kier molecular flexibility index (Phi) is 3.62. The molecule has 1 aromatic rings. The molecule has 2 N–H and O–H groups in total. The molecule has 0 saturated carbocycles. The van der Waals surface area contributed by atoms with Crippen molar-refractivity contribution >= 4 is 11.8 Å². The zero-order valence-corrected chi connectivity index (χ0v) is 10.2. The standard InChI is InChI=1S/C11H16FNOS/c1-11(2,13)7-5-6-8(14-3)10(15-4)9(7)12/h5-6H,13H2,1-4H3. The number of nitrogens with two attached hydrogens (primary N) is 1. The number of benzene rings is 1. The Morgan fingerprint density at radius 1 is 1.40 bits per heavy atom. The Hall–Kier alpha value is -0.740. The summed E-state index contributed by atoms with van der Waals surface area (Å²) < 4.78 is 19.1. The molecule has 15 heavy (non-hydrogen) atoms. The molecular formula is C11H16FNOS. The summed E-state index contributed by atoms with van der Waals surface area (Å²) in [5.41, 5.74) is 5.71. The highest BCUT2D eigenvalue weighted by Gasteiger charge is 2.22. The molecule has 1 rings (SSSR count). The molecule has 0 saturated heterocycles. The van der Waals surface area contributed by atoms with Gasteiger partial charge in [-0.3, -0.25) is 0 Å². The first-order valence-corrected chi connectivity index (χ1v) is 5.84. The van der Waals surface area contributed by atoms with E-state index in [-0.39, 0.29) is 5.82 Å². The number of hydrogen-bond donors (Lipinski definition) is 1. The quantitative estimate of drug-likeness (QED) is 0.809. The van der Waals surface area contributed by atoms with Gasteiger partial charge in [0.05, 0.1) is 12.0 Å². The second kappa shape index (κ2) is 4.41. The second-order valence-corrected chi connectivity index (χ2v) is 4.70. The van der Waals surface area contributed by atoms with Gasteiger partial charge >= 0.3 is 0 Å². The molecule has 4 heteroatoms. The van der Waals surface area contributed by atoms with Crippen molar-refractivity contribution in [2.75, 3.05) is 13.4 Å². The molecule has 0 bridgehead atoms. The highest BCUT2D eigenvalue weighted by Crippen LogP contribution is 2.35. The van der Waals surface area contributed by atoms with Gasteiger partial charge in [-0.15, -0.1) is 11.8 Å². The molecule has 0 aliphatic heterocycles. The van der Waals surface area contributed by atoms with E-state index in [0.29, 0.717) is 16.2 Å². The van der Waals surface area contributed by atoms with Crippen LogP contribution in [-0.4, -0.2) is 13.4 Å². The predicted molar refractivity (Wildman–Crippen MR) is 61.9 cm³/mol. The van der Waals surface area contributed by atoms with Crippen LogP contribution in [0.3, 0.4) is 0 Å². The number of thioether (sulfide) groups is 1. The molecule has 0 spiro atoms. The van der Waals surface area contributed by atoms with Gasteiger partial charge in [0.25, 0.3) is 0 Å². The van der Waals surface area contributed by atoms with Gasteiger partial charge < -0.3 is 10.5 Å². The first-order valence-electron chi connectivity index (χ1n) is 4.61. The Morgan fingerprint density at radius 3 is 2.40 bits per heavy atom. The molecule has 1 aromatic carbocycles. The zero-order valence-electron chi connectivity index (χ0n) is 9.43. The molecule has 0 aliphatic carbocycles. The summed E-state index contributed by atoms with van der Waals surface area (Å²) in [6.45, 7) is 3.56. The van der Waals surface area contributed by atoms with Crippen LogP contribution in [0.1, 0.15) is 19.4 Å². The molecule has 0 radical (unpaired) electrons. The van der Waals surface area contributed by atoms with Gasteiger partial charge in [-0.05, 0) is 26.2 Å². The van der Waals surface area contributed by atoms with Crippen LogP contribution in [0, 0.1) is 5.82 Å². The number of ether oxygens (including phenoxy) is 1. The minimum atomic E-state index is -0.680. The van der Waals surface area contributed by atoms with Crippen LogP contribution >= 0.6 is 11.8 Å². The normalized spacial score (nSPS) is 11.6. The monoisotopic (exact) mass is 229 g/mol. The maximum Gasteiger partial charge on any atom is 0.145 e. The fourth-order valence-corrected chi connectivity index (χ4v) is 2.03. The molecule has 0 unspecified atom stereocenters. The lowest BCUT2D eigenvalue weighted by Crippen LogP contribution is -2.30. The third kappa shape index (κ3) is 2.44. The highest BCUT2D eigenvalue weighted by atomic mass is 32.2. The number of methoxy groups -OCH3 is 1. The number of halogens is 1. The van der Waals surface area contributed by atoms with E-state index >= 15 is 0 Å². The van der Waals surface area contributed by atoms with E-state index in [1.54, 1.807) is 26.0 Å². The van der Waals surface area contributed by atoms with E-state index in [4.69, 9.17) is 10.5 Å². The number of hydrogen-bond acceptors (Lipinski definition) is 3. The van der Waals surface area contributed by atoms with Gasteiger partial charge in [-0.2, -0.15) is 0 Å². The average Bonchev–Trinajstić information content (AvgIpc) is 2.15. The first kappa shape index (κ1) is 12.3. The summed E-state index contributed by atoms with van der Waals surface area (Å²) >= 11 is 1.32. The topological polar surface area (TPSA) is 35.2 Å². The van der Waals surface area contributed by atoms with Crippen molar-refractivity contribution in [1.82, 2.24) is 0 Å². The molecule has 0 heterocycles. The predicted octanol–water partition coefficient (Wildman–Crippen LogP) is 2.75. The van der Waals surface area contributed by atoms with Crippen molar-refractivity contribution in [3.8, 4) is 5.75 Å². The fraction of sp³-hybridized carbons (Fsp3) is 0.455. The van der Waals surface area contributed by atoms with E-state index in [1.807, 2.05) is 6.26 Å². The molecule has 0 amide bonds. The van der Waals surface area contributed by atoms with Crippen molar-refractivity contribution in [1.29, 1.82) is 0 Å². The Balaban J connectivity index is 3.36. The summed E-state index contributed by atoms with van der Waals surface area (Å²) in [6, 6.07) is 3.42. The Morgan fingerprint density at radius 2 is 2.00 bits per heavy atom. The minimum absolute atomic E-state index is 0.283. The Bertz CT molecular complexity index is 360. The third-order valence-electron chi connectivity index (χ3n) is 2.18. The van der Waals surface area contributed by atoms with Crippen LogP contribution in [0.25, 0.3) is 0 Å². The van der Waals surface area contributed by atoms with Gasteiger partial charge in [-0.1, -0.05) is 6.07 Å². The lowest BCUT2D eigenvalue weighted by Gasteiger charge is -2.21. The average molecular weight is 229 g/mol. The molecule has 0 atom stereocenters. The van der Waals surface area contributed by atoms with Crippen LogP contribution in [-0.2, 0) is 5.54 Å². The first-order chi connectivity index (χ1) is 6.91. The molecule has 2 nitrogen and oxygen atoms in total. The van der Waals surface area contributed by atoms with E-state index in [0.717, 1.165) is 0 Å². The summed E-state index contributed by atoms with van der Waals surface area (Å²) in [5.74, 6) is 0.266. The SMILES string of the molecule is COc1ccc(C(C)(C)N)c(F)c1SC. The highest BCUT2D eigenvalue weighted by molar-refractivity contribution is 7.98. The van der Waals surface area contributed by atoms with Crippen LogP contribution in [0.15, 0.2) is 17.0 Å². The van der Waals surface area contributed by atoms with Crippen LogP contribution < -0.4 is 10.5 Å². The van der Waals surface area contributed by atoms with Crippen molar-refractivity contribution in [3.05, 3.63) is 23.5 Å². The van der Waals surface area contributed by atoms with E-state index in [1.165, 1.54) is 18.9 Å². The fourth-order valence-electron chi connectivity index (χ4n) is 1.39. The van der Waals surface area contributed by atoms with Gasteiger partial charge in [0.15, 0.2) is 0 Å². The van der Waals surface area contributed by atoms with Gasteiger partial charge in [0, 0.05) is 11.1 Å². The molecule has 84 valence electrons. The molecule has 0 fully saturated rings. The van der Waals surface area contributed by atoms with Crippen molar-refractivity contribution < 1.29 is 9.13 Å². The van der Waals surface area contributed by atoms with Crippen LogP contribution in [0.5, 0.6) is 5.75 Å². The second-order valence-electron chi connectivity index (χ2n) is 3.88. The summed E-state index contributed by atoms with van der Waals surface area (Å²) in [5, 5.41) is 0. The van der Waals surface area contributed by atoms with Crippen molar-refractivity contribution in [3.63, 3.8) is 0 Å². The third-order valence-corrected chi connectivity index (χ3v) is 2.97. The van der Waals surface area contributed by atoms with Gasteiger partial charge in [-0.25, -0.2) is 4.39 Å². The van der Waals surface area contributed by atoms with Crippen molar-refractivity contribution in [2.24, 2.45) is 5.73 Å². The minimum Gasteiger partial charge on any atom is -0.495 e. The summed E-state index contributed by atoms with van der Waals surface area (Å²) in [7, 11) is 1.53. The summed E-state index contributed by atoms with van der Waals surface area (Å²) in [4.78, 5) is 0.508. The smallest absolute Gasteiger partial charge is 0.145 e. The zero-order chi connectivity index (χ0) is 11.6. The lowest BCUT2D eigenvalue weighted by molar-refractivity contribution is 0.392. The number of rotatable bonds is 3.